The maximum absolute atomic E-state index is 12.8. The van der Waals surface area contributed by atoms with Gasteiger partial charge in [-0.1, -0.05) is 25.1 Å². The Labute approximate surface area is 150 Å². The number of para-hydroxylation sites is 1. The molecule has 5 heteroatoms. The van der Waals surface area contributed by atoms with Crippen molar-refractivity contribution in [2.24, 2.45) is 5.41 Å². The number of hydrogen-bond donors (Lipinski definition) is 1. The van der Waals surface area contributed by atoms with E-state index in [2.05, 4.69) is 17.9 Å². The number of likely N-dealkylation sites (tertiary alicyclic amines) is 2. The van der Waals surface area contributed by atoms with E-state index in [9.17, 15) is 4.79 Å². The van der Waals surface area contributed by atoms with Gasteiger partial charge in [0.15, 0.2) is 0 Å². The summed E-state index contributed by atoms with van der Waals surface area (Å²) >= 11 is 0. The van der Waals surface area contributed by atoms with E-state index < -0.39 is 0 Å². The Morgan fingerprint density at radius 3 is 2.84 bits per heavy atom. The molecule has 1 amide bonds. The smallest absolute Gasteiger partial charge is 0.230 e. The van der Waals surface area contributed by atoms with Gasteiger partial charge in [-0.3, -0.25) is 9.69 Å². The number of amides is 1. The van der Waals surface area contributed by atoms with Crippen molar-refractivity contribution in [1.82, 2.24) is 9.80 Å². The van der Waals surface area contributed by atoms with Gasteiger partial charge in [-0.25, -0.2) is 0 Å². The van der Waals surface area contributed by atoms with Crippen LogP contribution < -0.4 is 4.74 Å². The lowest BCUT2D eigenvalue weighted by molar-refractivity contribution is -0.146. The zero-order valence-corrected chi connectivity index (χ0v) is 15.2. The molecule has 1 spiro atoms. The van der Waals surface area contributed by atoms with E-state index in [4.69, 9.17) is 9.84 Å². The van der Waals surface area contributed by atoms with E-state index in [0.29, 0.717) is 13.2 Å². The van der Waals surface area contributed by atoms with Crippen LogP contribution in [0.4, 0.5) is 0 Å². The van der Waals surface area contributed by atoms with Crippen molar-refractivity contribution in [2.45, 2.75) is 32.6 Å². The molecule has 1 N–H and O–H groups in total. The Bertz CT molecular complexity index is 590. The molecule has 25 heavy (non-hydrogen) atoms. The van der Waals surface area contributed by atoms with Gasteiger partial charge < -0.3 is 14.7 Å². The number of aryl methyl sites for hydroxylation is 1. The maximum Gasteiger partial charge on any atom is 0.230 e. The summed E-state index contributed by atoms with van der Waals surface area (Å²) in [5.74, 6) is 1.22. The molecule has 1 aromatic carbocycles. The fraction of sp³-hybridized carbons (Fsp3) is 0.650. The van der Waals surface area contributed by atoms with Crippen molar-refractivity contribution < 1.29 is 14.6 Å². The Morgan fingerprint density at radius 1 is 1.20 bits per heavy atom. The molecule has 2 aliphatic heterocycles. The second kappa shape index (κ2) is 8.19. The highest BCUT2D eigenvalue weighted by atomic mass is 16.5. The van der Waals surface area contributed by atoms with Crippen LogP contribution in [0.25, 0.3) is 0 Å². The van der Waals surface area contributed by atoms with E-state index in [1.165, 1.54) is 5.56 Å². The summed E-state index contributed by atoms with van der Waals surface area (Å²) in [6.07, 6.45) is 3.92. The molecule has 138 valence electrons. The quantitative estimate of drug-likeness (QED) is 0.820. The van der Waals surface area contributed by atoms with Gasteiger partial charge in [-0.05, 0) is 43.9 Å². The average Bonchev–Trinajstić information content (AvgIpc) is 3.04. The summed E-state index contributed by atoms with van der Waals surface area (Å²) in [6, 6.07) is 8.19. The van der Waals surface area contributed by atoms with Gasteiger partial charge in [0.05, 0.1) is 12.0 Å². The van der Waals surface area contributed by atoms with Gasteiger partial charge >= 0.3 is 0 Å². The maximum atomic E-state index is 12.8. The van der Waals surface area contributed by atoms with Crippen molar-refractivity contribution in [3.8, 4) is 5.75 Å². The topological polar surface area (TPSA) is 53.0 Å². The predicted molar refractivity (Wildman–Crippen MR) is 97.7 cm³/mol. The summed E-state index contributed by atoms with van der Waals surface area (Å²) in [5.41, 5.74) is 1.01. The molecule has 2 aliphatic rings. The van der Waals surface area contributed by atoms with Crippen LogP contribution in [0.2, 0.25) is 0 Å². The average molecular weight is 346 g/mol. The lowest BCUT2D eigenvalue weighted by Crippen LogP contribution is -2.50. The van der Waals surface area contributed by atoms with E-state index in [1.54, 1.807) is 0 Å². The zero-order valence-electron chi connectivity index (χ0n) is 15.2. The minimum atomic E-state index is -0.227. The first-order valence-electron chi connectivity index (χ1n) is 9.52. The number of ether oxygens (including phenoxy) is 1. The van der Waals surface area contributed by atoms with Crippen molar-refractivity contribution >= 4 is 5.91 Å². The number of β-amino-alcohol motifs (C(OH)–C–C–N with tert-alkyl or cyclic N) is 1. The van der Waals surface area contributed by atoms with E-state index in [0.717, 1.165) is 57.6 Å². The number of aliphatic hydroxyl groups is 1. The Hall–Kier alpha value is -1.59. The molecule has 2 fully saturated rings. The first-order chi connectivity index (χ1) is 12.2. The highest BCUT2D eigenvalue weighted by molar-refractivity contribution is 5.84. The minimum Gasteiger partial charge on any atom is -0.492 e. The van der Waals surface area contributed by atoms with Crippen molar-refractivity contribution in [2.75, 3.05) is 45.9 Å². The Morgan fingerprint density at radius 2 is 2.04 bits per heavy atom. The van der Waals surface area contributed by atoms with Crippen LogP contribution in [0.15, 0.2) is 24.3 Å². The van der Waals surface area contributed by atoms with Crippen LogP contribution in [-0.4, -0.2) is 66.8 Å². The molecule has 0 aliphatic carbocycles. The molecule has 2 saturated heterocycles. The van der Waals surface area contributed by atoms with Crippen LogP contribution in [0.3, 0.4) is 0 Å². The van der Waals surface area contributed by atoms with Gasteiger partial charge in [0.25, 0.3) is 0 Å². The molecule has 1 atom stereocenters. The van der Waals surface area contributed by atoms with Crippen LogP contribution in [0, 0.1) is 5.41 Å². The highest BCUT2D eigenvalue weighted by Crippen LogP contribution is 2.39. The van der Waals surface area contributed by atoms with Gasteiger partial charge in [-0.2, -0.15) is 0 Å². The molecular formula is C20H30N2O3. The van der Waals surface area contributed by atoms with E-state index in [1.807, 2.05) is 23.1 Å². The second-order valence-electron chi connectivity index (χ2n) is 7.24. The number of rotatable bonds is 7. The first-order valence-corrected chi connectivity index (χ1v) is 9.52. The number of aliphatic hydroxyl groups excluding tert-OH is 1. The number of nitrogens with zero attached hydrogens (tertiary/aromatic N) is 2. The lowest BCUT2D eigenvalue weighted by Gasteiger charge is -2.39. The fourth-order valence-corrected chi connectivity index (χ4v) is 4.24. The van der Waals surface area contributed by atoms with E-state index in [-0.39, 0.29) is 17.9 Å². The third-order valence-corrected chi connectivity index (χ3v) is 5.65. The summed E-state index contributed by atoms with van der Waals surface area (Å²) in [5, 5.41) is 9.17. The number of carbonyl (C=O) groups excluding carboxylic acids is 1. The molecular weight excluding hydrogens is 316 g/mol. The van der Waals surface area contributed by atoms with Crippen LogP contribution in [0.1, 0.15) is 31.7 Å². The third kappa shape index (κ3) is 3.98. The van der Waals surface area contributed by atoms with Crippen molar-refractivity contribution in [1.29, 1.82) is 0 Å². The second-order valence-corrected chi connectivity index (χ2v) is 7.24. The van der Waals surface area contributed by atoms with Crippen LogP contribution >= 0.6 is 0 Å². The molecule has 0 aromatic heterocycles. The molecule has 0 saturated carbocycles. The Balaban J connectivity index is 1.52. The summed E-state index contributed by atoms with van der Waals surface area (Å²) in [7, 11) is 0. The standard InChI is InChI=1S/C20H30N2O3/c1-2-17-6-3-4-7-18(17)25-15-13-21-11-9-20(16-21)8-5-10-22(12-14-23)19(20)24/h3-4,6-7,23H,2,5,8-16H2,1H3. The molecule has 2 heterocycles. The lowest BCUT2D eigenvalue weighted by atomic mass is 9.78. The molecule has 5 nitrogen and oxygen atoms in total. The summed E-state index contributed by atoms with van der Waals surface area (Å²) < 4.78 is 5.98. The normalized spacial score (nSPS) is 24.2. The number of hydrogen-bond acceptors (Lipinski definition) is 4. The van der Waals surface area contributed by atoms with Crippen molar-refractivity contribution in [3.05, 3.63) is 29.8 Å². The molecule has 1 aromatic rings. The molecule has 1 unspecified atom stereocenters. The molecule has 0 bridgehead atoms. The van der Waals surface area contributed by atoms with Crippen LogP contribution in [-0.2, 0) is 11.2 Å². The van der Waals surface area contributed by atoms with Gasteiger partial charge in [0.1, 0.15) is 12.4 Å². The van der Waals surface area contributed by atoms with Gasteiger partial charge in [0, 0.05) is 26.2 Å². The largest absolute Gasteiger partial charge is 0.492 e. The molecule has 0 radical (unpaired) electrons. The number of benzene rings is 1. The Kier molecular flexibility index (Phi) is 5.97. The number of piperidine rings is 1. The SMILES string of the molecule is CCc1ccccc1OCCN1CCC2(CCCN(CCO)C2=O)C1. The zero-order chi connectivity index (χ0) is 17.7. The number of carbonyl (C=O) groups is 1. The van der Waals surface area contributed by atoms with E-state index >= 15 is 0 Å². The monoisotopic (exact) mass is 346 g/mol. The first kappa shape index (κ1) is 18.2. The summed E-state index contributed by atoms with van der Waals surface area (Å²) in [6.45, 7) is 6.74. The highest BCUT2D eigenvalue weighted by Gasteiger charge is 2.47. The predicted octanol–water partition coefficient (Wildman–Crippen LogP) is 1.93. The minimum absolute atomic E-state index is 0.0518. The third-order valence-electron chi connectivity index (χ3n) is 5.65. The summed E-state index contributed by atoms with van der Waals surface area (Å²) in [4.78, 5) is 17.0. The molecule has 3 rings (SSSR count). The van der Waals surface area contributed by atoms with Crippen LogP contribution in [0.5, 0.6) is 5.75 Å². The van der Waals surface area contributed by atoms with Gasteiger partial charge in [-0.15, -0.1) is 0 Å². The van der Waals surface area contributed by atoms with Gasteiger partial charge in [0.2, 0.25) is 5.91 Å². The van der Waals surface area contributed by atoms with Crippen molar-refractivity contribution in [3.63, 3.8) is 0 Å². The fourth-order valence-electron chi connectivity index (χ4n) is 4.24.